The summed E-state index contributed by atoms with van der Waals surface area (Å²) in [5.74, 6) is -1.75. The first-order valence-electron chi connectivity index (χ1n) is 8.71. The summed E-state index contributed by atoms with van der Waals surface area (Å²) < 4.78 is 5.13. The third-order valence-corrected chi connectivity index (χ3v) is 3.76. The van der Waals surface area contributed by atoms with Crippen LogP contribution in [-0.4, -0.2) is 35.2 Å². The van der Waals surface area contributed by atoms with Crippen LogP contribution in [0, 0.1) is 11.8 Å². The molecule has 0 aromatic heterocycles. The van der Waals surface area contributed by atoms with Gasteiger partial charge in [-0.1, -0.05) is 58.0 Å². The first-order chi connectivity index (χ1) is 12.2. The minimum atomic E-state index is -1.10. The summed E-state index contributed by atoms with van der Waals surface area (Å²) in [7, 11) is 0. The first-order valence-corrected chi connectivity index (χ1v) is 8.71. The molecule has 7 nitrogen and oxygen atoms in total. The van der Waals surface area contributed by atoms with Gasteiger partial charge in [-0.25, -0.2) is 9.59 Å². The molecule has 0 aliphatic heterocycles. The second kappa shape index (κ2) is 10.4. The normalized spacial score (nSPS) is 13.2. The van der Waals surface area contributed by atoms with E-state index in [2.05, 4.69) is 10.6 Å². The SMILES string of the molecule is CC(C)C[C@@H](NC(=O)[C@@H](NC(=O)OCc1ccccc1)C(C)C)C(=O)O. The van der Waals surface area contributed by atoms with E-state index in [1.165, 1.54) is 0 Å². The molecular weight excluding hydrogens is 336 g/mol. The standard InChI is InChI=1S/C19H28N2O5/c1-12(2)10-15(18(23)24)20-17(22)16(13(3)4)21-19(25)26-11-14-8-6-5-7-9-14/h5-9,12-13,15-16H,10-11H2,1-4H3,(H,20,22)(H,21,25)(H,23,24)/t15-,16+/m1/s1. The van der Waals surface area contributed by atoms with E-state index >= 15 is 0 Å². The molecule has 2 amide bonds. The number of alkyl carbamates (subject to hydrolysis) is 1. The molecule has 0 saturated heterocycles. The van der Waals surface area contributed by atoms with Crippen LogP contribution >= 0.6 is 0 Å². The second-order valence-corrected chi connectivity index (χ2v) is 6.96. The summed E-state index contributed by atoms with van der Waals surface area (Å²) >= 11 is 0. The van der Waals surface area contributed by atoms with Gasteiger partial charge in [0.2, 0.25) is 5.91 Å². The summed E-state index contributed by atoms with van der Waals surface area (Å²) in [6, 6.07) is 7.30. The van der Waals surface area contributed by atoms with Crippen molar-refractivity contribution in [3.05, 3.63) is 35.9 Å². The summed E-state index contributed by atoms with van der Waals surface area (Å²) in [6.45, 7) is 7.37. The molecular formula is C19H28N2O5. The Hall–Kier alpha value is -2.57. The Morgan fingerprint density at radius 3 is 2.15 bits per heavy atom. The first kappa shape index (κ1) is 21.5. The molecule has 26 heavy (non-hydrogen) atoms. The van der Waals surface area contributed by atoms with E-state index < -0.39 is 30.1 Å². The quantitative estimate of drug-likeness (QED) is 0.625. The van der Waals surface area contributed by atoms with Crippen LogP contribution in [0.25, 0.3) is 0 Å². The Bertz CT molecular complexity index is 601. The van der Waals surface area contributed by atoms with Crippen molar-refractivity contribution < 1.29 is 24.2 Å². The number of hydrogen-bond donors (Lipinski definition) is 3. The van der Waals surface area contributed by atoms with Crippen molar-refractivity contribution in [2.24, 2.45) is 11.8 Å². The largest absolute Gasteiger partial charge is 0.480 e. The van der Waals surface area contributed by atoms with Gasteiger partial charge in [0.25, 0.3) is 0 Å². The lowest BCUT2D eigenvalue weighted by Crippen LogP contribution is -2.54. The van der Waals surface area contributed by atoms with Crippen LogP contribution in [0.2, 0.25) is 0 Å². The topological polar surface area (TPSA) is 105 Å². The number of hydrogen-bond acceptors (Lipinski definition) is 4. The maximum atomic E-state index is 12.4. The van der Waals surface area contributed by atoms with Gasteiger partial charge >= 0.3 is 12.1 Å². The van der Waals surface area contributed by atoms with Gasteiger partial charge in [0, 0.05) is 0 Å². The number of carboxylic acid groups (broad SMARTS) is 1. The maximum absolute atomic E-state index is 12.4. The molecule has 1 rings (SSSR count). The molecule has 0 fully saturated rings. The van der Waals surface area contributed by atoms with Crippen LogP contribution in [0.15, 0.2) is 30.3 Å². The van der Waals surface area contributed by atoms with Gasteiger partial charge in [0.1, 0.15) is 18.7 Å². The van der Waals surface area contributed by atoms with E-state index in [0.717, 1.165) is 5.56 Å². The Morgan fingerprint density at radius 2 is 1.65 bits per heavy atom. The van der Waals surface area contributed by atoms with E-state index in [0.29, 0.717) is 6.42 Å². The van der Waals surface area contributed by atoms with Crippen molar-refractivity contribution in [3.63, 3.8) is 0 Å². The fourth-order valence-corrected chi connectivity index (χ4v) is 2.38. The predicted octanol–water partition coefficient (Wildman–Crippen LogP) is 2.55. The van der Waals surface area contributed by atoms with Crippen LogP contribution in [0.4, 0.5) is 4.79 Å². The zero-order chi connectivity index (χ0) is 19.7. The van der Waals surface area contributed by atoms with Crippen molar-refractivity contribution in [1.82, 2.24) is 10.6 Å². The fraction of sp³-hybridized carbons (Fsp3) is 0.526. The van der Waals surface area contributed by atoms with Gasteiger partial charge in [0.15, 0.2) is 0 Å². The highest BCUT2D eigenvalue weighted by Crippen LogP contribution is 2.08. The van der Waals surface area contributed by atoms with Crippen LogP contribution in [0.5, 0.6) is 0 Å². The Labute approximate surface area is 154 Å². The van der Waals surface area contributed by atoms with E-state index in [4.69, 9.17) is 4.74 Å². The highest BCUT2D eigenvalue weighted by Gasteiger charge is 2.29. The summed E-state index contributed by atoms with van der Waals surface area (Å²) in [5, 5.41) is 14.3. The number of amides is 2. The molecule has 0 aliphatic rings. The third kappa shape index (κ3) is 7.55. The van der Waals surface area contributed by atoms with Crippen molar-refractivity contribution in [3.8, 4) is 0 Å². The van der Waals surface area contributed by atoms with E-state index in [1.807, 2.05) is 44.2 Å². The molecule has 0 unspecified atom stereocenters. The molecule has 7 heteroatoms. The van der Waals surface area contributed by atoms with Crippen molar-refractivity contribution in [1.29, 1.82) is 0 Å². The molecule has 144 valence electrons. The van der Waals surface area contributed by atoms with Crippen molar-refractivity contribution in [2.45, 2.75) is 52.8 Å². The van der Waals surface area contributed by atoms with Crippen molar-refractivity contribution >= 4 is 18.0 Å². The average Bonchev–Trinajstić information content (AvgIpc) is 2.57. The number of rotatable bonds is 9. The van der Waals surface area contributed by atoms with Gasteiger partial charge in [-0.3, -0.25) is 4.79 Å². The number of nitrogens with one attached hydrogen (secondary N) is 2. The van der Waals surface area contributed by atoms with Gasteiger partial charge in [-0.15, -0.1) is 0 Å². The lowest BCUT2D eigenvalue weighted by molar-refractivity contribution is -0.142. The smallest absolute Gasteiger partial charge is 0.408 e. The third-order valence-electron chi connectivity index (χ3n) is 3.76. The number of aliphatic carboxylic acids is 1. The number of ether oxygens (including phenoxy) is 1. The molecule has 0 saturated carbocycles. The van der Waals surface area contributed by atoms with Crippen LogP contribution < -0.4 is 10.6 Å². The zero-order valence-corrected chi connectivity index (χ0v) is 15.7. The van der Waals surface area contributed by atoms with E-state index in [1.54, 1.807) is 13.8 Å². The van der Waals surface area contributed by atoms with E-state index in [-0.39, 0.29) is 18.4 Å². The van der Waals surface area contributed by atoms with Gasteiger partial charge < -0.3 is 20.5 Å². The highest BCUT2D eigenvalue weighted by molar-refractivity contribution is 5.89. The molecule has 0 heterocycles. The molecule has 0 aliphatic carbocycles. The van der Waals surface area contributed by atoms with Gasteiger partial charge in [-0.05, 0) is 23.8 Å². The monoisotopic (exact) mass is 364 g/mol. The number of carbonyl (C=O) groups excluding carboxylic acids is 2. The minimum Gasteiger partial charge on any atom is -0.480 e. The van der Waals surface area contributed by atoms with Gasteiger partial charge in [-0.2, -0.15) is 0 Å². The fourth-order valence-electron chi connectivity index (χ4n) is 2.38. The molecule has 3 N–H and O–H groups in total. The minimum absolute atomic E-state index is 0.0875. The maximum Gasteiger partial charge on any atom is 0.408 e. The zero-order valence-electron chi connectivity index (χ0n) is 15.7. The van der Waals surface area contributed by atoms with Crippen LogP contribution in [-0.2, 0) is 20.9 Å². The van der Waals surface area contributed by atoms with Crippen LogP contribution in [0.1, 0.15) is 39.7 Å². The highest BCUT2D eigenvalue weighted by atomic mass is 16.5. The molecule has 2 atom stereocenters. The Kier molecular flexibility index (Phi) is 8.61. The summed E-state index contributed by atoms with van der Waals surface area (Å²) in [5.41, 5.74) is 0.830. The molecule has 0 spiro atoms. The molecule has 1 aromatic carbocycles. The van der Waals surface area contributed by atoms with Crippen molar-refractivity contribution in [2.75, 3.05) is 0 Å². The molecule has 0 bridgehead atoms. The van der Waals surface area contributed by atoms with E-state index in [9.17, 15) is 19.5 Å². The van der Waals surface area contributed by atoms with Gasteiger partial charge in [0.05, 0.1) is 0 Å². The summed E-state index contributed by atoms with van der Waals surface area (Å²) in [6.07, 6.45) is -0.414. The lowest BCUT2D eigenvalue weighted by Gasteiger charge is -2.24. The van der Waals surface area contributed by atoms with Crippen LogP contribution in [0.3, 0.4) is 0 Å². The predicted molar refractivity (Wildman–Crippen MR) is 97.4 cm³/mol. The molecule has 0 radical (unpaired) electrons. The molecule has 1 aromatic rings. The lowest BCUT2D eigenvalue weighted by atomic mass is 10.0. The number of carboxylic acids is 1. The second-order valence-electron chi connectivity index (χ2n) is 6.96. The number of benzene rings is 1. The number of carbonyl (C=O) groups is 3. The summed E-state index contributed by atoms with van der Waals surface area (Å²) in [4.78, 5) is 35.8. The Balaban J connectivity index is 2.64. The Morgan fingerprint density at radius 1 is 1.04 bits per heavy atom. The average molecular weight is 364 g/mol.